The number of carboxylic acids is 1. The minimum absolute atomic E-state index is 0.255. The summed E-state index contributed by atoms with van der Waals surface area (Å²) in [5, 5.41) is 12.2. The third-order valence-electron chi connectivity index (χ3n) is 4.38. The van der Waals surface area contributed by atoms with Crippen molar-refractivity contribution >= 4 is 40.8 Å². The van der Waals surface area contributed by atoms with Gasteiger partial charge in [-0.1, -0.05) is 41.9 Å². The predicted molar refractivity (Wildman–Crippen MR) is 98.2 cm³/mol. The molecule has 136 valence electrons. The number of imide groups is 1. The van der Waals surface area contributed by atoms with Crippen molar-refractivity contribution in [3.8, 4) is 0 Å². The molecule has 6 nitrogen and oxygen atoms in total. The van der Waals surface area contributed by atoms with Gasteiger partial charge in [0, 0.05) is 4.88 Å². The van der Waals surface area contributed by atoms with Gasteiger partial charge in [0.1, 0.15) is 0 Å². The number of benzene rings is 1. The Morgan fingerprint density at radius 2 is 1.96 bits per heavy atom. The molecule has 0 radical (unpaired) electrons. The molecule has 3 rings (SSSR count). The van der Waals surface area contributed by atoms with Gasteiger partial charge in [-0.05, 0) is 31.0 Å². The van der Waals surface area contributed by atoms with Gasteiger partial charge in [-0.2, -0.15) is 0 Å². The van der Waals surface area contributed by atoms with Crippen LogP contribution in [0.3, 0.4) is 0 Å². The summed E-state index contributed by atoms with van der Waals surface area (Å²) < 4.78 is 0.574. The Hall–Kier alpha value is -2.38. The van der Waals surface area contributed by atoms with E-state index in [1.807, 2.05) is 30.3 Å². The lowest BCUT2D eigenvalue weighted by molar-refractivity contribution is -0.165. The molecular weight excluding hydrogens is 376 g/mol. The van der Waals surface area contributed by atoms with Crippen LogP contribution >= 0.6 is 22.9 Å². The monoisotopic (exact) mass is 392 g/mol. The van der Waals surface area contributed by atoms with E-state index in [1.54, 1.807) is 19.1 Å². The summed E-state index contributed by atoms with van der Waals surface area (Å²) in [5.41, 5.74) is 0.866. The van der Waals surface area contributed by atoms with E-state index < -0.39 is 29.9 Å². The number of nitrogens with one attached hydrogen (secondary N) is 1. The number of β-lactam (4-membered cyclic amide) rings is 1. The molecule has 8 heteroatoms. The zero-order chi connectivity index (χ0) is 18.8. The normalized spacial score (nSPS) is 20.4. The summed E-state index contributed by atoms with van der Waals surface area (Å²) in [6.07, 6.45) is 0.255. The van der Waals surface area contributed by atoms with Gasteiger partial charge in [-0.25, -0.2) is 14.5 Å². The van der Waals surface area contributed by atoms with Crippen molar-refractivity contribution in [2.75, 3.05) is 0 Å². The lowest BCUT2D eigenvalue weighted by Gasteiger charge is -2.43. The van der Waals surface area contributed by atoms with Crippen LogP contribution in [0.4, 0.5) is 4.79 Å². The average Bonchev–Trinajstić information content (AvgIpc) is 3.02. The molecule has 1 aliphatic heterocycles. The molecule has 1 saturated heterocycles. The molecule has 0 aliphatic carbocycles. The van der Waals surface area contributed by atoms with Crippen LogP contribution in [0.5, 0.6) is 0 Å². The summed E-state index contributed by atoms with van der Waals surface area (Å²) in [5.74, 6) is -2.44. The number of hydrogen-bond donors (Lipinski definition) is 2. The van der Waals surface area contributed by atoms with Crippen molar-refractivity contribution < 1.29 is 19.5 Å². The molecule has 2 heterocycles. The molecule has 1 aliphatic rings. The maximum atomic E-state index is 12.4. The van der Waals surface area contributed by atoms with Crippen LogP contribution in [0, 0.1) is 5.92 Å². The van der Waals surface area contributed by atoms with E-state index in [4.69, 9.17) is 11.6 Å². The molecule has 1 aromatic carbocycles. The highest BCUT2D eigenvalue weighted by Crippen LogP contribution is 2.33. The fraction of sp³-hybridized carbons (Fsp3) is 0.278. The first-order valence-electron chi connectivity index (χ1n) is 8.04. The molecule has 2 aromatic rings. The van der Waals surface area contributed by atoms with Crippen molar-refractivity contribution in [3.05, 3.63) is 57.2 Å². The quantitative estimate of drug-likeness (QED) is 0.764. The van der Waals surface area contributed by atoms with Crippen molar-refractivity contribution in [1.29, 1.82) is 0 Å². The number of thiophene rings is 1. The number of amides is 3. The van der Waals surface area contributed by atoms with Crippen molar-refractivity contribution in [3.63, 3.8) is 0 Å². The molecule has 3 amide bonds. The van der Waals surface area contributed by atoms with Gasteiger partial charge in [-0.3, -0.25) is 4.79 Å². The van der Waals surface area contributed by atoms with Gasteiger partial charge in [0.25, 0.3) is 0 Å². The van der Waals surface area contributed by atoms with E-state index in [9.17, 15) is 19.5 Å². The molecule has 0 saturated carbocycles. The molecule has 1 aromatic heterocycles. The standard InChI is InChI=1S/C18H17ClN2O4S/c1-10(11-5-3-2-4-6-11)20-18(25)21-15(17(23)24)13(16(21)22)9-12-7-8-14(19)26-12/h2-8,10,13,15H,9H2,1H3,(H,20,25)(H,23,24)/t10?,13-,15?/m1/s1. The largest absolute Gasteiger partial charge is 0.480 e. The Bertz CT molecular complexity index is 839. The number of rotatable bonds is 5. The topological polar surface area (TPSA) is 86.7 Å². The number of nitrogens with zero attached hydrogens (tertiary/aromatic N) is 1. The van der Waals surface area contributed by atoms with Gasteiger partial charge >= 0.3 is 12.0 Å². The van der Waals surface area contributed by atoms with Gasteiger partial charge in [-0.15, -0.1) is 11.3 Å². The maximum absolute atomic E-state index is 12.4. The highest BCUT2D eigenvalue weighted by molar-refractivity contribution is 7.16. The fourth-order valence-electron chi connectivity index (χ4n) is 3.01. The van der Waals surface area contributed by atoms with Gasteiger partial charge in [0.15, 0.2) is 6.04 Å². The van der Waals surface area contributed by atoms with Crippen LogP contribution in [0.15, 0.2) is 42.5 Å². The van der Waals surface area contributed by atoms with E-state index >= 15 is 0 Å². The van der Waals surface area contributed by atoms with Crippen LogP contribution in [0.25, 0.3) is 0 Å². The molecule has 0 spiro atoms. The van der Waals surface area contributed by atoms with E-state index in [1.165, 1.54) is 11.3 Å². The SMILES string of the molecule is CC(NC(=O)N1C(=O)[C@H](Cc2ccc(Cl)s2)C1C(=O)O)c1ccccc1. The number of carbonyl (C=O) groups is 3. The number of hydrogen-bond acceptors (Lipinski definition) is 4. The van der Waals surface area contributed by atoms with Crippen LogP contribution < -0.4 is 5.32 Å². The maximum Gasteiger partial charge on any atom is 0.327 e. The minimum atomic E-state index is -1.19. The molecule has 1 fully saturated rings. The van der Waals surface area contributed by atoms with Gasteiger partial charge < -0.3 is 10.4 Å². The molecule has 0 bridgehead atoms. The first kappa shape index (κ1) is 18.4. The summed E-state index contributed by atoms with van der Waals surface area (Å²) in [4.78, 5) is 38.1. The average molecular weight is 393 g/mol. The van der Waals surface area contributed by atoms with E-state index in [0.29, 0.717) is 4.34 Å². The Kier molecular flexibility index (Phi) is 5.29. The first-order valence-corrected chi connectivity index (χ1v) is 9.23. The highest BCUT2D eigenvalue weighted by atomic mass is 35.5. The van der Waals surface area contributed by atoms with Crippen LogP contribution in [-0.2, 0) is 16.0 Å². The molecule has 3 atom stereocenters. The molecule has 26 heavy (non-hydrogen) atoms. The lowest BCUT2D eigenvalue weighted by Crippen LogP contribution is -2.68. The second-order valence-corrected chi connectivity index (χ2v) is 7.89. The van der Waals surface area contributed by atoms with E-state index in [2.05, 4.69) is 5.32 Å². The van der Waals surface area contributed by atoms with Gasteiger partial charge in [0.2, 0.25) is 5.91 Å². The molecule has 2 unspecified atom stereocenters. The first-order chi connectivity index (χ1) is 12.4. The van der Waals surface area contributed by atoms with Crippen LogP contribution in [0.2, 0.25) is 4.34 Å². The smallest absolute Gasteiger partial charge is 0.327 e. The number of urea groups is 1. The Labute approximate surface area is 159 Å². The third-order valence-corrected chi connectivity index (χ3v) is 5.63. The minimum Gasteiger partial charge on any atom is -0.480 e. The number of carbonyl (C=O) groups excluding carboxylic acids is 2. The fourth-order valence-corrected chi connectivity index (χ4v) is 4.16. The number of likely N-dealkylation sites (tertiary alicyclic amines) is 1. The molecule has 2 N–H and O–H groups in total. The van der Waals surface area contributed by atoms with Crippen molar-refractivity contribution in [2.24, 2.45) is 5.92 Å². The lowest BCUT2D eigenvalue weighted by atomic mass is 9.84. The second-order valence-electron chi connectivity index (χ2n) is 6.09. The predicted octanol–water partition coefficient (Wildman–Crippen LogP) is 3.33. The number of halogens is 1. The van der Waals surface area contributed by atoms with E-state index in [-0.39, 0.29) is 12.5 Å². The second kappa shape index (κ2) is 7.47. The summed E-state index contributed by atoms with van der Waals surface area (Å²) in [6, 6.07) is 10.5. The number of aliphatic carboxylic acids is 1. The highest BCUT2D eigenvalue weighted by Gasteiger charge is 2.54. The van der Waals surface area contributed by atoms with Crippen LogP contribution in [0.1, 0.15) is 23.4 Å². The Morgan fingerprint density at radius 1 is 1.27 bits per heavy atom. The van der Waals surface area contributed by atoms with Crippen molar-refractivity contribution in [1.82, 2.24) is 10.2 Å². The summed E-state index contributed by atoms with van der Waals surface area (Å²) in [6.45, 7) is 1.78. The number of carboxylic acid groups (broad SMARTS) is 1. The third kappa shape index (κ3) is 3.59. The summed E-state index contributed by atoms with van der Waals surface area (Å²) in [7, 11) is 0. The van der Waals surface area contributed by atoms with Crippen molar-refractivity contribution in [2.45, 2.75) is 25.4 Å². The van der Waals surface area contributed by atoms with Crippen LogP contribution in [-0.4, -0.2) is 34.0 Å². The summed E-state index contributed by atoms with van der Waals surface area (Å²) >= 11 is 7.18. The Morgan fingerprint density at radius 3 is 2.54 bits per heavy atom. The van der Waals surface area contributed by atoms with E-state index in [0.717, 1.165) is 15.3 Å². The zero-order valence-corrected chi connectivity index (χ0v) is 15.5. The Balaban J connectivity index is 1.70. The van der Waals surface area contributed by atoms with Gasteiger partial charge in [0.05, 0.1) is 16.3 Å². The zero-order valence-electron chi connectivity index (χ0n) is 13.9. The molecular formula is C18H17ClN2O4S.